The van der Waals surface area contributed by atoms with Gasteiger partial charge in [-0.3, -0.25) is 19.3 Å². The van der Waals surface area contributed by atoms with Gasteiger partial charge >= 0.3 is 0 Å². The van der Waals surface area contributed by atoms with Gasteiger partial charge in [0.2, 0.25) is 11.8 Å². The summed E-state index contributed by atoms with van der Waals surface area (Å²) in [7, 11) is 0. The normalized spacial score (nSPS) is 15.2. The van der Waals surface area contributed by atoms with Crippen LogP contribution in [0.25, 0.3) is 0 Å². The summed E-state index contributed by atoms with van der Waals surface area (Å²) < 4.78 is 0. The largest absolute Gasteiger partial charge is 0.345 e. The lowest BCUT2D eigenvalue weighted by molar-refractivity contribution is -0.121. The van der Waals surface area contributed by atoms with Gasteiger partial charge in [0, 0.05) is 23.4 Å². The van der Waals surface area contributed by atoms with Crippen LogP contribution in [0.15, 0.2) is 48.5 Å². The Morgan fingerprint density at radius 1 is 1.04 bits per heavy atom. The predicted molar refractivity (Wildman–Crippen MR) is 100 cm³/mol. The van der Waals surface area contributed by atoms with Crippen molar-refractivity contribution in [2.24, 2.45) is 0 Å². The van der Waals surface area contributed by atoms with Crippen LogP contribution in [0.1, 0.15) is 48.1 Å². The summed E-state index contributed by atoms with van der Waals surface area (Å²) >= 11 is 5.91. The van der Waals surface area contributed by atoms with E-state index in [9.17, 15) is 14.4 Å². The zero-order valence-electron chi connectivity index (χ0n) is 14.4. The van der Waals surface area contributed by atoms with Crippen molar-refractivity contribution < 1.29 is 14.4 Å². The van der Waals surface area contributed by atoms with Gasteiger partial charge in [0.1, 0.15) is 0 Å². The summed E-state index contributed by atoms with van der Waals surface area (Å²) in [6.45, 7) is 1.99. The maximum atomic E-state index is 12.5. The lowest BCUT2D eigenvalue weighted by atomic mass is 10.0. The highest BCUT2D eigenvalue weighted by atomic mass is 35.5. The Balaban J connectivity index is 1.72. The number of nitrogens with zero attached hydrogens (tertiary/aromatic N) is 1. The molecule has 1 aliphatic rings. The van der Waals surface area contributed by atoms with Crippen LogP contribution in [0, 0.1) is 0 Å². The van der Waals surface area contributed by atoms with Crippen LogP contribution in [0.2, 0.25) is 5.02 Å². The maximum Gasteiger partial charge on any atom is 0.251 e. The van der Waals surface area contributed by atoms with E-state index < -0.39 is 0 Å². The smallest absolute Gasteiger partial charge is 0.251 e. The third-order valence-electron chi connectivity index (χ3n) is 4.43. The highest BCUT2D eigenvalue weighted by molar-refractivity contribution is 6.30. The molecule has 3 rings (SSSR count). The van der Waals surface area contributed by atoms with Crippen LogP contribution in [-0.4, -0.2) is 17.7 Å². The van der Waals surface area contributed by atoms with Crippen molar-refractivity contribution in [1.29, 1.82) is 0 Å². The lowest BCUT2D eigenvalue weighted by Crippen LogP contribution is -2.29. The van der Waals surface area contributed by atoms with E-state index in [1.54, 1.807) is 36.4 Å². The third kappa shape index (κ3) is 3.78. The molecule has 2 aromatic rings. The van der Waals surface area contributed by atoms with Gasteiger partial charge in [0.05, 0.1) is 11.7 Å². The first-order chi connectivity index (χ1) is 12.5. The Morgan fingerprint density at radius 2 is 1.62 bits per heavy atom. The lowest BCUT2D eigenvalue weighted by Gasteiger charge is -2.18. The molecule has 1 atom stereocenters. The Bertz CT molecular complexity index is 815. The molecule has 1 fully saturated rings. The van der Waals surface area contributed by atoms with E-state index in [4.69, 9.17) is 11.6 Å². The van der Waals surface area contributed by atoms with Crippen LogP contribution >= 0.6 is 11.6 Å². The van der Waals surface area contributed by atoms with Gasteiger partial charge in [-0.05, 0) is 48.4 Å². The standard InChI is InChI=1S/C20H19ClN2O3/c1-2-17(13-3-7-15(21)8-4-13)22-20(26)14-5-9-16(10-6-14)23-18(24)11-12-19(23)25/h3-10,17H,2,11-12H2,1H3,(H,22,26). The number of carbonyl (C=O) groups is 3. The second-order valence-electron chi connectivity index (χ2n) is 6.16. The molecule has 0 radical (unpaired) electrons. The number of benzene rings is 2. The van der Waals surface area contributed by atoms with E-state index in [0.29, 0.717) is 16.3 Å². The minimum absolute atomic E-state index is 0.124. The molecule has 2 aromatic carbocycles. The van der Waals surface area contributed by atoms with E-state index in [0.717, 1.165) is 12.0 Å². The molecule has 1 N–H and O–H groups in total. The van der Waals surface area contributed by atoms with Crippen molar-refractivity contribution in [3.63, 3.8) is 0 Å². The van der Waals surface area contributed by atoms with Gasteiger partial charge in [0.25, 0.3) is 5.91 Å². The summed E-state index contributed by atoms with van der Waals surface area (Å²) in [6, 6.07) is 13.7. The quantitative estimate of drug-likeness (QED) is 0.812. The molecule has 0 saturated carbocycles. The summed E-state index contributed by atoms with van der Waals surface area (Å²) in [6.07, 6.45) is 1.21. The number of halogens is 1. The van der Waals surface area contributed by atoms with Crippen molar-refractivity contribution in [3.05, 3.63) is 64.7 Å². The number of rotatable bonds is 5. The summed E-state index contributed by atoms with van der Waals surface area (Å²) in [5, 5.41) is 3.65. The molecule has 0 spiro atoms. The molecule has 134 valence electrons. The zero-order chi connectivity index (χ0) is 18.7. The fourth-order valence-corrected chi connectivity index (χ4v) is 3.11. The van der Waals surface area contributed by atoms with E-state index in [2.05, 4.69) is 5.32 Å². The average Bonchev–Trinajstić information content (AvgIpc) is 2.99. The van der Waals surface area contributed by atoms with Gasteiger partial charge in [-0.2, -0.15) is 0 Å². The van der Waals surface area contributed by atoms with E-state index in [-0.39, 0.29) is 36.6 Å². The number of amides is 3. The molecule has 3 amide bonds. The number of imide groups is 1. The van der Waals surface area contributed by atoms with Crippen molar-refractivity contribution in [3.8, 4) is 0 Å². The van der Waals surface area contributed by atoms with Crippen molar-refractivity contribution in [1.82, 2.24) is 5.32 Å². The van der Waals surface area contributed by atoms with E-state index in [1.807, 2.05) is 19.1 Å². The van der Waals surface area contributed by atoms with Crippen LogP contribution in [-0.2, 0) is 9.59 Å². The highest BCUT2D eigenvalue weighted by Gasteiger charge is 2.30. The van der Waals surface area contributed by atoms with Crippen molar-refractivity contribution in [2.75, 3.05) is 4.90 Å². The van der Waals surface area contributed by atoms with Crippen LogP contribution < -0.4 is 10.2 Å². The second-order valence-corrected chi connectivity index (χ2v) is 6.59. The highest BCUT2D eigenvalue weighted by Crippen LogP contribution is 2.24. The fourth-order valence-electron chi connectivity index (χ4n) is 2.98. The first kappa shape index (κ1) is 18.1. The van der Waals surface area contributed by atoms with E-state index >= 15 is 0 Å². The average molecular weight is 371 g/mol. The molecule has 1 heterocycles. The topological polar surface area (TPSA) is 66.5 Å². The fraction of sp³-hybridized carbons (Fsp3) is 0.250. The summed E-state index contributed by atoms with van der Waals surface area (Å²) in [4.78, 5) is 37.3. The minimum Gasteiger partial charge on any atom is -0.345 e. The zero-order valence-corrected chi connectivity index (χ0v) is 15.1. The predicted octanol–water partition coefficient (Wildman–Crippen LogP) is 3.87. The SMILES string of the molecule is CCC(NC(=O)c1ccc(N2C(=O)CCC2=O)cc1)c1ccc(Cl)cc1. The van der Waals surface area contributed by atoms with Gasteiger partial charge in [0.15, 0.2) is 0 Å². The molecule has 0 aliphatic carbocycles. The van der Waals surface area contributed by atoms with Gasteiger partial charge in [-0.25, -0.2) is 0 Å². The minimum atomic E-state index is -0.211. The Labute approximate surface area is 156 Å². The molecule has 6 heteroatoms. The molecule has 1 saturated heterocycles. The molecule has 0 bridgehead atoms. The van der Waals surface area contributed by atoms with Crippen molar-refractivity contribution >= 4 is 35.0 Å². The number of nitrogens with one attached hydrogen (secondary N) is 1. The molecule has 0 aromatic heterocycles. The van der Waals surface area contributed by atoms with Gasteiger partial charge in [-0.1, -0.05) is 30.7 Å². The molecule has 26 heavy (non-hydrogen) atoms. The first-order valence-corrected chi connectivity index (χ1v) is 8.89. The Kier molecular flexibility index (Phi) is 5.38. The molecule has 1 aliphatic heterocycles. The maximum absolute atomic E-state index is 12.5. The Hall–Kier alpha value is -2.66. The molecular weight excluding hydrogens is 352 g/mol. The number of hydrogen-bond acceptors (Lipinski definition) is 3. The Morgan fingerprint density at radius 3 is 2.15 bits per heavy atom. The first-order valence-electron chi connectivity index (χ1n) is 8.51. The van der Waals surface area contributed by atoms with Crippen LogP contribution in [0.4, 0.5) is 5.69 Å². The van der Waals surface area contributed by atoms with Crippen LogP contribution in [0.5, 0.6) is 0 Å². The van der Waals surface area contributed by atoms with Gasteiger partial charge < -0.3 is 5.32 Å². The monoisotopic (exact) mass is 370 g/mol. The second kappa shape index (κ2) is 7.70. The number of carbonyl (C=O) groups excluding carboxylic acids is 3. The number of anilines is 1. The number of hydrogen-bond donors (Lipinski definition) is 1. The van der Waals surface area contributed by atoms with Crippen molar-refractivity contribution in [2.45, 2.75) is 32.2 Å². The molecule has 5 nitrogen and oxygen atoms in total. The van der Waals surface area contributed by atoms with E-state index in [1.165, 1.54) is 4.90 Å². The molecular formula is C20H19ClN2O3. The van der Waals surface area contributed by atoms with Crippen LogP contribution in [0.3, 0.4) is 0 Å². The van der Waals surface area contributed by atoms with Gasteiger partial charge in [-0.15, -0.1) is 0 Å². The molecule has 1 unspecified atom stereocenters. The third-order valence-corrected chi connectivity index (χ3v) is 4.68. The summed E-state index contributed by atoms with van der Waals surface area (Å²) in [5.41, 5.74) is 1.95. The summed E-state index contributed by atoms with van der Waals surface area (Å²) in [5.74, 6) is -0.626.